The van der Waals surface area contributed by atoms with Crippen LogP contribution in [0.15, 0.2) is 30.3 Å². The van der Waals surface area contributed by atoms with Crippen LogP contribution in [-0.2, 0) is 13.1 Å². The van der Waals surface area contributed by atoms with Gasteiger partial charge in [0, 0.05) is 13.6 Å². The fourth-order valence-corrected chi connectivity index (χ4v) is 2.16. The van der Waals surface area contributed by atoms with E-state index in [1.54, 1.807) is 0 Å². The summed E-state index contributed by atoms with van der Waals surface area (Å²) in [6, 6.07) is 10.0. The number of hydrogen-bond acceptors (Lipinski definition) is 3. The second-order valence-electron chi connectivity index (χ2n) is 4.51. The Balaban J connectivity index is 2.21. The number of hydrogen-bond donors (Lipinski definition) is 1. The van der Waals surface area contributed by atoms with E-state index in [1.165, 1.54) is 5.69 Å². The van der Waals surface area contributed by atoms with Crippen molar-refractivity contribution in [2.75, 3.05) is 17.7 Å². The second-order valence-corrected chi connectivity index (χ2v) is 4.51. The van der Waals surface area contributed by atoms with Gasteiger partial charge in [-0.1, -0.05) is 12.1 Å². The molecule has 0 atom stereocenters. The summed E-state index contributed by atoms with van der Waals surface area (Å²) in [5.74, 6) is 0. The van der Waals surface area contributed by atoms with Gasteiger partial charge < -0.3 is 10.6 Å². The molecule has 0 spiro atoms. The SMILES string of the molecule is CCn1nc(C)cc1CN(C)c1ccccc1N. The van der Waals surface area contributed by atoms with Gasteiger partial charge in [-0.15, -0.1) is 0 Å². The van der Waals surface area contributed by atoms with Crippen LogP contribution in [0.25, 0.3) is 0 Å². The number of aromatic nitrogens is 2. The largest absolute Gasteiger partial charge is 0.397 e. The molecule has 1 heterocycles. The Morgan fingerprint density at radius 2 is 2.06 bits per heavy atom. The highest BCUT2D eigenvalue weighted by Crippen LogP contribution is 2.22. The van der Waals surface area contributed by atoms with E-state index in [1.807, 2.05) is 42.9 Å². The van der Waals surface area contributed by atoms with Crippen LogP contribution in [0.5, 0.6) is 0 Å². The van der Waals surface area contributed by atoms with E-state index in [9.17, 15) is 0 Å². The molecule has 2 aromatic rings. The number of aryl methyl sites for hydroxylation is 2. The number of nitrogen functional groups attached to an aromatic ring is 1. The van der Waals surface area contributed by atoms with Crippen molar-refractivity contribution in [3.63, 3.8) is 0 Å². The number of para-hydroxylation sites is 2. The van der Waals surface area contributed by atoms with E-state index in [0.717, 1.165) is 30.2 Å². The lowest BCUT2D eigenvalue weighted by atomic mass is 10.2. The van der Waals surface area contributed by atoms with E-state index in [0.29, 0.717) is 0 Å². The van der Waals surface area contributed by atoms with Crippen LogP contribution in [0.3, 0.4) is 0 Å². The standard InChI is InChI=1S/C14H20N4/c1-4-18-12(9-11(2)16-18)10-17(3)14-8-6-5-7-13(14)15/h5-9H,4,10,15H2,1-3H3. The van der Waals surface area contributed by atoms with Crippen molar-refractivity contribution >= 4 is 11.4 Å². The number of anilines is 2. The molecule has 4 heteroatoms. The number of nitrogens with two attached hydrogens (primary N) is 1. The highest BCUT2D eigenvalue weighted by Gasteiger charge is 2.09. The van der Waals surface area contributed by atoms with Gasteiger partial charge in [0.2, 0.25) is 0 Å². The summed E-state index contributed by atoms with van der Waals surface area (Å²) in [5, 5.41) is 4.46. The topological polar surface area (TPSA) is 47.1 Å². The molecule has 0 saturated carbocycles. The summed E-state index contributed by atoms with van der Waals surface area (Å²) in [4.78, 5) is 2.15. The van der Waals surface area contributed by atoms with Crippen molar-refractivity contribution in [3.8, 4) is 0 Å². The van der Waals surface area contributed by atoms with Crippen LogP contribution in [0, 0.1) is 6.92 Å². The molecule has 0 unspecified atom stereocenters. The maximum Gasteiger partial charge on any atom is 0.0600 e. The predicted octanol–water partition coefficient (Wildman–Crippen LogP) is 2.43. The zero-order valence-corrected chi connectivity index (χ0v) is 11.2. The molecule has 0 aliphatic carbocycles. The van der Waals surface area contributed by atoms with Gasteiger partial charge in [-0.25, -0.2) is 0 Å². The Kier molecular flexibility index (Phi) is 3.55. The van der Waals surface area contributed by atoms with E-state index in [-0.39, 0.29) is 0 Å². The van der Waals surface area contributed by atoms with Gasteiger partial charge in [0.15, 0.2) is 0 Å². The van der Waals surface area contributed by atoms with Gasteiger partial charge in [0.25, 0.3) is 0 Å². The molecule has 4 nitrogen and oxygen atoms in total. The molecule has 96 valence electrons. The van der Waals surface area contributed by atoms with Crippen molar-refractivity contribution < 1.29 is 0 Å². The highest BCUT2D eigenvalue weighted by atomic mass is 15.3. The molecule has 0 fully saturated rings. The minimum atomic E-state index is 0.805. The Morgan fingerprint density at radius 3 is 2.72 bits per heavy atom. The molecule has 0 amide bonds. The first-order chi connectivity index (χ1) is 8.61. The molecule has 1 aromatic carbocycles. The zero-order chi connectivity index (χ0) is 13.1. The summed E-state index contributed by atoms with van der Waals surface area (Å²) in [6.07, 6.45) is 0. The molecular weight excluding hydrogens is 224 g/mol. The molecule has 1 aromatic heterocycles. The smallest absolute Gasteiger partial charge is 0.0600 e. The molecule has 2 N–H and O–H groups in total. The summed E-state index contributed by atoms with van der Waals surface area (Å²) < 4.78 is 2.03. The Morgan fingerprint density at radius 1 is 1.33 bits per heavy atom. The number of benzene rings is 1. The van der Waals surface area contributed by atoms with Crippen molar-refractivity contribution in [1.29, 1.82) is 0 Å². The minimum Gasteiger partial charge on any atom is -0.397 e. The van der Waals surface area contributed by atoms with Crippen LogP contribution >= 0.6 is 0 Å². The van der Waals surface area contributed by atoms with Gasteiger partial charge in [-0.05, 0) is 32.0 Å². The van der Waals surface area contributed by atoms with Crippen molar-refractivity contribution in [2.45, 2.75) is 26.9 Å². The molecule has 0 aliphatic heterocycles. The molecule has 2 rings (SSSR count). The maximum atomic E-state index is 5.99. The molecule has 0 saturated heterocycles. The fraction of sp³-hybridized carbons (Fsp3) is 0.357. The van der Waals surface area contributed by atoms with Crippen LogP contribution in [-0.4, -0.2) is 16.8 Å². The third-order valence-electron chi connectivity index (χ3n) is 3.03. The maximum absolute atomic E-state index is 5.99. The van der Waals surface area contributed by atoms with Gasteiger partial charge >= 0.3 is 0 Å². The number of rotatable bonds is 4. The molecule has 18 heavy (non-hydrogen) atoms. The lowest BCUT2D eigenvalue weighted by molar-refractivity contribution is 0.613. The van der Waals surface area contributed by atoms with Crippen LogP contribution in [0.2, 0.25) is 0 Å². The third kappa shape index (κ3) is 2.47. The Hall–Kier alpha value is -1.97. The van der Waals surface area contributed by atoms with Gasteiger partial charge in [-0.3, -0.25) is 4.68 Å². The summed E-state index contributed by atoms with van der Waals surface area (Å²) in [7, 11) is 2.05. The van der Waals surface area contributed by atoms with E-state index >= 15 is 0 Å². The lowest BCUT2D eigenvalue weighted by Crippen LogP contribution is -2.20. The average molecular weight is 244 g/mol. The van der Waals surface area contributed by atoms with Gasteiger partial charge in [0.1, 0.15) is 0 Å². The Bertz CT molecular complexity index is 530. The third-order valence-corrected chi connectivity index (χ3v) is 3.03. The van der Waals surface area contributed by atoms with Crippen LogP contribution < -0.4 is 10.6 Å². The fourth-order valence-electron chi connectivity index (χ4n) is 2.16. The average Bonchev–Trinajstić information content (AvgIpc) is 2.70. The van der Waals surface area contributed by atoms with Crippen molar-refractivity contribution in [1.82, 2.24) is 9.78 Å². The summed E-state index contributed by atoms with van der Waals surface area (Å²) in [5.41, 5.74) is 10.1. The highest BCUT2D eigenvalue weighted by molar-refractivity contribution is 5.66. The summed E-state index contributed by atoms with van der Waals surface area (Å²) >= 11 is 0. The second kappa shape index (κ2) is 5.12. The predicted molar refractivity (Wildman–Crippen MR) is 75.6 cm³/mol. The first kappa shape index (κ1) is 12.5. The lowest BCUT2D eigenvalue weighted by Gasteiger charge is -2.21. The monoisotopic (exact) mass is 244 g/mol. The van der Waals surface area contributed by atoms with E-state index < -0.39 is 0 Å². The van der Waals surface area contributed by atoms with E-state index in [4.69, 9.17) is 5.73 Å². The molecule has 0 bridgehead atoms. The van der Waals surface area contributed by atoms with Crippen molar-refractivity contribution in [2.24, 2.45) is 0 Å². The van der Waals surface area contributed by atoms with Gasteiger partial charge in [-0.2, -0.15) is 5.10 Å². The first-order valence-corrected chi connectivity index (χ1v) is 6.20. The molecular formula is C14H20N4. The Labute approximate surface area is 108 Å². The summed E-state index contributed by atoms with van der Waals surface area (Å²) in [6.45, 7) is 5.82. The van der Waals surface area contributed by atoms with Crippen molar-refractivity contribution in [3.05, 3.63) is 41.7 Å². The first-order valence-electron chi connectivity index (χ1n) is 6.20. The minimum absolute atomic E-state index is 0.805. The normalized spacial score (nSPS) is 10.6. The van der Waals surface area contributed by atoms with Crippen LogP contribution in [0.4, 0.5) is 11.4 Å². The number of nitrogens with zero attached hydrogens (tertiary/aromatic N) is 3. The molecule has 0 radical (unpaired) electrons. The quantitative estimate of drug-likeness (QED) is 0.840. The van der Waals surface area contributed by atoms with E-state index in [2.05, 4.69) is 23.0 Å². The molecule has 0 aliphatic rings. The van der Waals surface area contributed by atoms with Gasteiger partial charge in [0.05, 0.1) is 29.3 Å². The zero-order valence-electron chi connectivity index (χ0n) is 11.2. The van der Waals surface area contributed by atoms with Crippen LogP contribution in [0.1, 0.15) is 18.3 Å².